The Morgan fingerprint density at radius 1 is 1.36 bits per heavy atom. The smallest absolute Gasteiger partial charge is 0.469 e. The van der Waals surface area contributed by atoms with Crippen LogP contribution in [0, 0.1) is 22.7 Å². The number of rotatable bonds is 7. The normalized spacial score (nSPS) is 21.4. The van der Waals surface area contributed by atoms with Gasteiger partial charge in [-0.3, -0.25) is 14.3 Å². The van der Waals surface area contributed by atoms with E-state index in [9.17, 15) is 14.9 Å². The van der Waals surface area contributed by atoms with Crippen molar-refractivity contribution in [3.8, 4) is 6.07 Å². The summed E-state index contributed by atoms with van der Waals surface area (Å²) in [6.07, 6.45) is 2.17. The molecular formula is C24H30BN5O6. The summed E-state index contributed by atoms with van der Waals surface area (Å²) in [5.41, 5.74) is 7.66. The van der Waals surface area contributed by atoms with Crippen molar-refractivity contribution in [2.45, 2.75) is 32.7 Å². The number of anilines is 2. The number of carbonyl (C=O) groups is 2. The number of aromatic nitrogens is 2. The lowest BCUT2D eigenvalue weighted by molar-refractivity contribution is -0.139. The number of nitrogens with one attached hydrogen (secondary N) is 1. The molecule has 0 saturated carbocycles. The summed E-state index contributed by atoms with van der Waals surface area (Å²) in [6, 6.07) is 7.31. The first-order valence-electron chi connectivity index (χ1n) is 11.8. The third-order valence-electron chi connectivity index (χ3n) is 6.31. The number of primary amides is 1. The second-order valence-corrected chi connectivity index (χ2v) is 9.81. The minimum absolute atomic E-state index is 0.0527. The van der Waals surface area contributed by atoms with Gasteiger partial charge in [-0.25, -0.2) is 0 Å². The average molecular weight is 495 g/mol. The van der Waals surface area contributed by atoms with Crippen molar-refractivity contribution >= 4 is 36.0 Å². The van der Waals surface area contributed by atoms with Crippen LogP contribution in [0.3, 0.4) is 0 Å². The van der Waals surface area contributed by atoms with E-state index in [-0.39, 0.29) is 41.1 Å². The second kappa shape index (κ2) is 10.7. The van der Waals surface area contributed by atoms with Gasteiger partial charge in [-0.1, -0.05) is 19.9 Å². The van der Waals surface area contributed by atoms with Crippen LogP contribution in [0.1, 0.15) is 42.2 Å². The molecule has 190 valence electrons. The van der Waals surface area contributed by atoms with Crippen LogP contribution in [0.2, 0.25) is 0 Å². The van der Waals surface area contributed by atoms with Crippen molar-refractivity contribution in [1.29, 1.82) is 5.26 Å². The van der Waals surface area contributed by atoms with Crippen molar-refractivity contribution in [1.82, 2.24) is 9.78 Å². The lowest BCUT2D eigenvalue weighted by Gasteiger charge is -2.33. The zero-order chi connectivity index (χ0) is 25.9. The summed E-state index contributed by atoms with van der Waals surface area (Å²) in [5.74, 6) is -1.08. The fourth-order valence-electron chi connectivity index (χ4n) is 4.26. The first-order valence-corrected chi connectivity index (χ1v) is 11.8. The highest BCUT2D eigenvalue weighted by atomic mass is 16.6. The molecule has 1 aromatic heterocycles. The summed E-state index contributed by atoms with van der Waals surface area (Å²) in [5, 5.41) is 17.2. The maximum atomic E-state index is 12.2. The summed E-state index contributed by atoms with van der Waals surface area (Å²) < 4.78 is 23.9. The van der Waals surface area contributed by atoms with Crippen molar-refractivity contribution in [3.05, 3.63) is 35.5 Å². The highest BCUT2D eigenvalue weighted by Gasteiger charge is 2.35. The molecule has 0 unspecified atom stereocenters. The van der Waals surface area contributed by atoms with Gasteiger partial charge in [0.1, 0.15) is 5.56 Å². The molecule has 2 aromatic rings. The molecule has 0 aliphatic carbocycles. The Balaban J connectivity index is 1.64. The number of amides is 1. The third kappa shape index (κ3) is 5.70. The molecule has 1 aromatic carbocycles. The van der Waals surface area contributed by atoms with E-state index in [1.54, 1.807) is 22.9 Å². The first-order chi connectivity index (χ1) is 17.2. The number of carbonyl (C=O) groups excluding carboxylic acids is 2. The molecule has 0 radical (unpaired) electrons. The molecule has 36 heavy (non-hydrogen) atoms. The van der Waals surface area contributed by atoms with Gasteiger partial charge < -0.3 is 29.8 Å². The van der Waals surface area contributed by atoms with Crippen molar-refractivity contribution in [2.24, 2.45) is 17.1 Å². The molecular weight excluding hydrogens is 465 g/mol. The van der Waals surface area contributed by atoms with E-state index in [0.29, 0.717) is 49.6 Å². The molecule has 4 rings (SSSR count). The molecule has 0 bridgehead atoms. The summed E-state index contributed by atoms with van der Waals surface area (Å²) in [7, 11) is 0.674. The molecule has 2 saturated heterocycles. The van der Waals surface area contributed by atoms with E-state index in [0.717, 1.165) is 0 Å². The Kier molecular flexibility index (Phi) is 7.63. The predicted molar refractivity (Wildman–Crippen MR) is 131 cm³/mol. The van der Waals surface area contributed by atoms with Gasteiger partial charge in [0.05, 0.1) is 38.2 Å². The van der Waals surface area contributed by atoms with Gasteiger partial charge in [0, 0.05) is 37.1 Å². The fourth-order valence-corrected chi connectivity index (χ4v) is 4.26. The number of hydrogen-bond donors (Lipinski definition) is 2. The van der Waals surface area contributed by atoms with Gasteiger partial charge in [0.25, 0.3) is 5.91 Å². The summed E-state index contributed by atoms with van der Waals surface area (Å²) in [6.45, 7) is 5.90. The minimum atomic E-state index is -0.664. The number of benzene rings is 1. The maximum absolute atomic E-state index is 12.2. The minimum Gasteiger partial charge on any atom is -0.469 e. The molecule has 2 fully saturated rings. The van der Waals surface area contributed by atoms with E-state index in [2.05, 4.69) is 16.5 Å². The van der Waals surface area contributed by atoms with Gasteiger partial charge in [0.15, 0.2) is 5.82 Å². The Labute approximate surface area is 210 Å². The van der Waals surface area contributed by atoms with E-state index in [1.165, 1.54) is 13.3 Å². The molecule has 3 heterocycles. The molecule has 0 spiro atoms. The van der Waals surface area contributed by atoms with Gasteiger partial charge in [-0.05, 0) is 29.6 Å². The van der Waals surface area contributed by atoms with Crippen molar-refractivity contribution in [3.63, 3.8) is 0 Å². The molecule has 2 aliphatic heterocycles. The zero-order valence-corrected chi connectivity index (χ0v) is 20.7. The summed E-state index contributed by atoms with van der Waals surface area (Å²) in [4.78, 5) is 24.2. The monoisotopic (exact) mass is 495 g/mol. The van der Waals surface area contributed by atoms with Crippen LogP contribution in [0.15, 0.2) is 24.4 Å². The van der Waals surface area contributed by atoms with Crippen LogP contribution in [0.4, 0.5) is 11.5 Å². The van der Waals surface area contributed by atoms with Crippen LogP contribution in [0.25, 0.3) is 0 Å². The largest absolute Gasteiger partial charge is 0.494 e. The second-order valence-electron chi connectivity index (χ2n) is 9.81. The standard InChI is InChI=1S/C24H30BN5O6/c1-24(2)13-35-25(36-14-24)19-9-17(5-4-15(19)8-21(31)33-3)28-23-18(22(27)32)11-30(29-23)20-12-34-7-6-16(20)10-26/h4-5,9,11,16,20H,6-8,12-14H2,1-3H3,(H2,27,32)(H,28,29)/t16-,20+/m0/s1. The Morgan fingerprint density at radius 3 is 2.78 bits per heavy atom. The quantitative estimate of drug-likeness (QED) is 0.428. The van der Waals surface area contributed by atoms with Crippen LogP contribution >= 0.6 is 0 Å². The number of methoxy groups -OCH3 is 1. The van der Waals surface area contributed by atoms with Crippen LogP contribution in [-0.2, 0) is 30.0 Å². The Morgan fingerprint density at radius 2 is 2.11 bits per heavy atom. The van der Waals surface area contributed by atoms with Gasteiger partial charge in [-0.15, -0.1) is 0 Å². The molecule has 12 heteroatoms. The first kappa shape index (κ1) is 25.7. The molecule has 3 N–H and O–H groups in total. The van der Waals surface area contributed by atoms with Gasteiger partial charge in [0.2, 0.25) is 0 Å². The number of nitrogens with two attached hydrogens (primary N) is 1. The van der Waals surface area contributed by atoms with Crippen molar-refractivity contribution < 1.29 is 28.4 Å². The maximum Gasteiger partial charge on any atom is 0.494 e. The number of ether oxygens (including phenoxy) is 2. The topological polar surface area (TPSA) is 151 Å². The highest BCUT2D eigenvalue weighted by molar-refractivity contribution is 6.62. The van der Waals surface area contributed by atoms with E-state index in [4.69, 9.17) is 24.5 Å². The Bertz CT molecular complexity index is 1170. The lowest BCUT2D eigenvalue weighted by Crippen LogP contribution is -2.48. The van der Waals surface area contributed by atoms with Crippen LogP contribution in [-0.4, -0.2) is 62.3 Å². The van der Waals surface area contributed by atoms with E-state index < -0.39 is 13.0 Å². The van der Waals surface area contributed by atoms with Crippen molar-refractivity contribution in [2.75, 3.05) is 38.9 Å². The average Bonchev–Trinajstić information content (AvgIpc) is 3.28. The summed E-state index contributed by atoms with van der Waals surface area (Å²) >= 11 is 0. The fraction of sp³-hybridized carbons (Fsp3) is 0.500. The highest BCUT2D eigenvalue weighted by Crippen LogP contribution is 2.29. The lowest BCUT2D eigenvalue weighted by atomic mass is 9.72. The van der Waals surface area contributed by atoms with Gasteiger partial charge >= 0.3 is 13.1 Å². The number of esters is 1. The molecule has 11 nitrogen and oxygen atoms in total. The number of hydrogen-bond acceptors (Lipinski definition) is 9. The predicted octanol–water partition coefficient (Wildman–Crippen LogP) is 1.31. The SMILES string of the molecule is COC(=O)Cc1ccc(Nc2nn([C@@H]3COCC[C@H]3C#N)cc2C(N)=O)cc1B1OCC(C)(C)CO1. The van der Waals surface area contributed by atoms with E-state index >= 15 is 0 Å². The molecule has 1 amide bonds. The third-order valence-corrected chi connectivity index (χ3v) is 6.31. The zero-order valence-electron chi connectivity index (χ0n) is 20.7. The van der Waals surface area contributed by atoms with Crippen LogP contribution < -0.4 is 16.5 Å². The van der Waals surface area contributed by atoms with Gasteiger partial charge in [-0.2, -0.15) is 10.4 Å². The number of nitriles is 1. The molecule has 2 atom stereocenters. The number of nitrogens with zero attached hydrogens (tertiary/aromatic N) is 3. The van der Waals surface area contributed by atoms with Crippen LogP contribution in [0.5, 0.6) is 0 Å². The molecule has 2 aliphatic rings. The van der Waals surface area contributed by atoms with E-state index in [1.807, 2.05) is 13.8 Å². The Hall–Kier alpha value is -3.40.